The summed E-state index contributed by atoms with van der Waals surface area (Å²) in [6.07, 6.45) is 2.41. The lowest BCUT2D eigenvalue weighted by Gasteiger charge is -2.12. The lowest BCUT2D eigenvalue weighted by Crippen LogP contribution is -2.20. The number of allylic oxidation sites excluding steroid dienone is 1. The van der Waals surface area contributed by atoms with Crippen LogP contribution < -0.4 is 14.8 Å². The molecule has 28 heavy (non-hydrogen) atoms. The third kappa shape index (κ3) is 5.29. The molecule has 1 amide bonds. The van der Waals surface area contributed by atoms with E-state index in [1.54, 1.807) is 18.2 Å². The molecule has 2 aromatic carbocycles. The maximum Gasteiger partial charge on any atom is 0.341 e. The van der Waals surface area contributed by atoms with Crippen molar-refractivity contribution in [3.63, 3.8) is 0 Å². The Kier molecular flexibility index (Phi) is 7.11. The van der Waals surface area contributed by atoms with Gasteiger partial charge in [0.15, 0.2) is 18.1 Å². The highest BCUT2D eigenvalue weighted by Crippen LogP contribution is 2.28. The summed E-state index contributed by atoms with van der Waals surface area (Å²) in [4.78, 5) is 11.5. The Labute approximate surface area is 161 Å². The number of sulfone groups is 1. The molecule has 150 valence electrons. The summed E-state index contributed by atoms with van der Waals surface area (Å²) in [6.45, 7) is 3.34. The van der Waals surface area contributed by atoms with Crippen molar-refractivity contribution >= 4 is 21.4 Å². The standard InChI is InChI=1S/C19H19F2NO5S/c1-3-4-13-5-10-16(17(11-13)26-2)27-12-18(23)22-14-6-8-15(9-7-14)28(24,25)19(20)21/h3,5-11,19H,1,4,12H2,2H3,(H,22,23). The molecule has 6 nitrogen and oxygen atoms in total. The van der Waals surface area contributed by atoms with Crippen LogP contribution in [0.25, 0.3) is 0 Å². The highest BCUT2D eigenvalue weighted by Gasteiger charge is 2.26. The highest BCUT2D eigenvalue weighted by atomic mass is 32.2. The molecule has 0 saturated heterocycles. The summed E-state index contributed by atoms with van der Waals surface area (Å²) in [7, 11) is -3.19. The number of nitrogens with one attached hydrogen (secondary N) is 1. The monoisotopic (exact) mass is 411 g/mol. The van der Waals surface area contributed by atoms with Gasteiger partial charge >= 0.3 is 5.76 Å². The molecule has 0 atom stereocenters. The van der Waals surface area contributed by atoms with Crippen LogP contribution in [0.5, 0.6) is 11.5 Å². The van der Waals surface area contributed by atoms with Crippen molar-refractivity contribution in [2.45, 2.75) is 17.1 Å². The van der Waals surface area contributed by atoms with Crippen molar-refractivity contribution in [2.24, 2.45) is 0 Å². The summed E-state index contributed by atoms with van der Waals surface area (Å²) in [5.41, 5.74) is 1.22. The van der Waals surface area contributed by atoms with E-state index in [1.165, 1.54) is 19.2 Å². The van der Waals surface area contributed by atoms with Gasteiger partial charge in [0.1, 0.15) is 0 Å². The lowest BCUT2D eigenvalue weighted by atomic mass is 10.1. The third-order valence-electron chi connectivity index (χ3n) is 3.67. The van der Waals surface area contributed by atoms with Crippen LogP contribution in [0.3, 0.4) is 0 Å². The molecular weight excluding hydrogens is 392 g/mol. The zero-order chi connectivity index (χ0) is 20.7. The van der Waals surface area contributed by atoms with E-state index in [9.17, 15) is 22.0 Å². The van der Waals surface area contributed by atoms with Gasteiger partial charge in [-0.15, -0.1) is 6.58 Å². The van der Waals surface area contributed by atoms with Crippen LogP contribution in [-0.4, -0.2) is 33.8 Å². The molecule has 0 heterocycles. The molecule has 2 aromatic rings. The van der Waals surface area contributed by atoms with Crippen LogP contribution in [0.15, 0.2) is 60.0 Å². The number of ether oxygens (including phenoxy) is 2. The Balaban J connectivity index is 1.98. The minimum absolute atomic E-state index is 0.245. The van der Waals surface area contributed by atoms with Crippen molar-refractivity contribution in [3.8, 4) is 11.5 Å². The van der Waals surface area contributed by atoms with E-state index < -0.39 is 26.4 Å². The summed E-state index contributed by atoms with van der Waals surface area (Å²) in [5.74, 6) is -3.17. The van der Waals surface area contributed by atoms with Crippen molar-refractivity contribution < 1.29 is 31.5 Å². The van der Waals surface area contributed by atoms with Crippen molar-refractivity contribution in [1.82, 2.24) is 0 Å². The van der Waals surface area contributed by atoms with Crippen LogP contribution >= 0.6 is 0 Å². The molecule has 0 aliphatic heterocycles. The minimum Gasteiger partial charge on any atom is -0.493 e. The van der Waals surface area contributed by atoms with Crippen molar-refractivity contribution in [3.05, 3.63) is 60.7 Å². The van der Waals surface area contributed by atoms with Crippen molar-refractivity contribution in [2.75, 3.05) is 19.0 Å². The average molecular weight is 411 g/mol. The second kappa shape index (κ2) is 9.32. The zero-order valence-electron chi connectivity index (χ0n) is 15.0. The number of carbonyl (C=O) groups is 1. The minimum atomic E-state index is -4.67. The molecule has 0 aliphatic carbocycles. The van der Waals surface area contributed by atoms with Gasteiger partial charge in [-0.25, -0.2) is 8.42 Å². The van der Waals surface area contributed by atoms with E-state index in [4.69, 9.17) is 9.47 Å². The topological polar surface area (TPSA) is 81.7 Å². The molecule has 0 bridgehead atoms. The average Bonchev–Trinajstić information content (AvgIpc) is 2.67. The largest absolute Gasteiger partial charge is 0.493 e. The quantitative estimate of drug-likeness (QED) is 0.640. The molecule has 9 heteroatoms. The van der Waals surface area contributed by atoms with E-state index in [-0.39, 0.29) is 12.3 Å². The molecular formula is C19H19F2NO5S. The number of rotatable bonds is 9. The van der Waals surface area contributed by atoms with Gasteiger partial charge in [-0.2, -0.15) is 8.78 Å². The fraction of sp³-hybridized carbons (Fsp3) is 0.211. The summed E-state index contributed by atoms with van der Waals surface area (Å²) < 4.78 is 58.5. The number of carbonyl (C=O) groups excluding carboxylic acids is 1. The number of hydrogen-bond donors (Lipinski definition) is 1. The normalized spacial score (nSPS) is 11.1. The first-order valence-corrected chi connectivity index (χ1v) is 9.65. The SMILES string of the molecule is C=CCc1ccc(OCC(=O)Nc2ccc(S(=O)(=O)C(F)F)cc2)c(OC)c1. The second-order valence-corrected chi connectivity index (χ2v) is 7.56. The van der Waals surface area contributed by atoms with Crippen LogP contribution in [0.2, 0.25) is 0 Å². The summed E-state index contributed by atoms with van der Waals surface area (Å²) >= 11 is 0. The molecule has 1 N–H and O–H groups in total. The smallest absolute Gasteiger partial charge is 0.341 e. The number of amides is 1. The first kappa shape index (κ1) is 21.4. The van der Waals surface area contributed by atoms with Gasteiger partial charge in [0, 0.05) is 5.69 Å². The van der Waals surface area contributed by atoms with E-state index in [0.29, 0.717) is 17.9 Å². The summed E-state index contributed by atoms with van der Waals surface area (Å²) in [6, 6.07) is 9.71. The maximum absolute atomic E-state index is 12.5. The third-order valence-corrected chi connectivity index (χ3v) is 5.07. The van der Waals surface area contributed by atoms with Gasteiger partial charge in [0.25, 0.3) is 5.91 Å². The molecule has 0 fully saturated rings. The Morgan fingerprint density at radius 2 is 1.86 bits per heavy atom. The number of methoxy groups -OCH3 is 1. The highest BCUT2D eigenvalue weighted by molar-refractivity contribution is 7.91. The van der Waals surface area contributed by atoms with Crippen molar-refractivity contribution in [1.29, 1.82) is 0 Å². The number of alkyl halides is 2. The van der Waals surface area contributed by atoms with Gasteiger partial charge in [0.2, 0.25) is 9.84 Å². The molecule has 0 unspecified atom stereocenters. The number of halogens is 2. The Bertz CT molecular complexity index is 943. The van der Waals surface area contributed by atoms with Crippen LogP contribution in [0.4, 0.5) is 14.5 Å². The van der Waals surface area contributed by atoms with E-state index in [1.807, 2.05) is 6.07 Å². The summed E-state index contributed by atoms with van der Waals surface area (Å²) in [5, 5.41) is 2.49. The molecule has 0 aromatic heterocycles. The molecule has 0 radical (unpaired) electrons. The lowest BCUT2D eigenvalue weighted by molar-refractivity contribution is -0.118. The van der Waals surface area contributed by atoms with Gasteiger partial charge in [-0.1, -0.05) is 12.1 Å². The first-order valence-electron chi connectivity index (χ1n) is 8.10. The Morgan fingerprint density at radius 3 is 2.43 bits per heavy atom. The fourth-order valence-electron chi connectivity index (χ4n) is 2.30. The van der Waals surface area contributed by atoms with Gasteiger partial charge in [-0.05, 0) is 48.4 Å². The fourth-order valence-corrected chi connectivity index (χ4v) is 3.02. The second-order valence-electron chi connectivity index (χ2n) is 5.64. The number of hydrogen-bond acceptors (Lipinski definition) is 5. The molecule has 0 saturated carbocycles. The van der Waals surface area contributed by atoms with Crippen LogP contribution in [-0.2, 0) is 21.1 Å². The van der Waals surface area contributed by atoms with Gasteiger partial charge in [0.05, 0.1) is 12.0 Å². The maximum atomic E-state index is 12.5. The predicted molar refractivity (Wildman–Crippen MR) is 101 cm³/mol. The first-order chi connectivity index (χ1) is 13.3. The predicted octanol–water partition coefficient (Wildman–Crippen LogP) is 3.44. The zero-order valence-corrected chi connectivity index (χ0v) is 15.8. The van der Waals surface area contributed by atoms with Crippen LogP contribution in [0.1, 0.15) is 5.56 Å². The Hall–Kier alpha value is -2.94. The van der Waals surface area contributed by atoms with Crippen LogP contribution in [0, 0.1) is 0 Å². The van der Waals surface area contributed by atoms with Gasteiger partial charge < -0.3 is 14.8 Å². The number of anilines is 1. The van der Waals surface area contributed by atoms with E-state index in [0.717, 1.165) is 17.7 Å². The van der Waals surface area contributed by atoms with E-state index in [2.05, 4.69) is 11.9 Å². The molecule has 0 aliphatic rings. The van der Waals surface area contributed by atoms with E-state index >= 15 is 0 Å². The molecule has 0 spiro atoms. The molecule has 2 rings (SSSR count). The number of benzene rings is 2. The van der Waals surface area contributed by atoms with Gasteiger partial charge in [-0.3, -0.25) is 4.79 Å². The Morgan fingerprint density at radius 1 is 1.18 bits per heavy atom.